The summed E-state index contributed by atoms with van der Waals surface area (Å²) in [4.78, 5) is 0. The van der Waals surface area contributed by atoms with Gasteiger partial charge in [-0.2, -0.15) is 0 Å². The lowest BCUT2D eigenvalue weighted by Crippen LogP contribution is -2.07. The Hall–Kier alpha value is -1.22. The molecule has 78 valence electrons. The molecule has 0 aliphatic heterocycles. The molecule has 3 N–H and O–H groups in total. The molecule has 0 radical (unpaired) electrons. The van der Waals surface area contributed by atoms with Crippen molar-refractivity contribution < 1.29 is 9.84 Å². The number of hydrogen-bond acceptors (Lipinski definition) is 3. The van der Waals surface area contributed by atoms with Crippen LogP contribution in [0.4, 0.5) is 0 Å². The van der Waals surface area contributed by atoms with E-state index in [1.165, 1.54) is 0 Å². The Morgan fingerprint density at radius 1 is 1.43 bits per heavy atom. The SMILES string of the molecule is COc1c(C)c(C)cc(C(C)N)c1O. The minimum absolute atomic E-state index is 0.158. The lowest BCUT2D eigenvalue weighted by Gasteiger charge is -2.16. The predicted molar refractivity (Wildman–Crippen MR) is 56.7 cm³/mol. The Morgan fingerprint density at radius 2 is 2.00 bits per heavy atom. The van der Waals surface area contributed by atoms with Crippen LogP contribution >= 0.6 is 0 Å². The van der Waals surface area contributed by atoms with Gasteiger partial charge in [0.1, 0.15) is 0 Å². The summed E-state index contributed by atoms with van der Waals surface area (Å²) in [6.07, 6.45) is 0. The van der Waals surface area contributed by atoms with Crippen molar-refractivity contribution in [1.82, 2.24) is 0 Å². The van der Waals surface area contributed by atoms with E-state index in [4.69, 9.17) is 10.5 Å². The maximum atomic E-state index is 9.86. The van der Waals surface area contributed by atoms with Gasteiger partial charge in [0, 0.05) is 11.6 Å². The number of benzene rings is 1. The lowest BCUT2D eigenvalue weighted by molar-refractivity contribution is 0.366. The number of phenols is 1. The van der Waals surface area contributed by atoms with Crippen LogP contribution in [0.5, 0.6) is 11.5 Å². The van der Waals surface area contributed by atoms with Crippen molar-refractivity contribution in [1.29, 1.82) is 0 Å². The summed E-state index contributed by atoms with van der Waals surface area (Å²) >= 11 is 0. The van der Waals surface area contributed by atoms with Gasteiger partial charge in [0.05, 0.1) is 7.11 Å². The molecule has 0 fully saturated rings. The Balaban J connectivity index is 3.42. The van der Waals surface area contributed by atoms with E-state index in [0.29, 0.717) is 5.75 Å². The minimum atomic E-state index is -0.191. The Morgan fingerprint density at radius 3 is 2.43 bits per heavy atom. The molecule has 1 aromatic rings. The zero-order valence-electron chi connectivity index (χ0n) is 9.09. The van der Waals surface area contributed by atoms with Gasteiger partial charge < -0.3 is 15.6 Å². The largest absolute Gasteiger partial charge is 0.504 e. The smallest absolute Gasteiger partial charge is 0.163 e. The van der Waals surface area contributed by atoms with Gasteiger partial charge >= 0.3 is 0 Å². The topological polar surface area (TPSA) is 55.5 Å². The third-order valence-corrected chi connectivity index (χ3v) is 2.49. The molecule has 14 heavy (non-hydrogen) atoms. The first-order chi connectivity index (χ1) is 6.49. The van der Waals surface area contributed by atoms with Gasteiger partial charge in [0.15, 0.2) is 11.5 Å². The van der Waals surface area contributed by atoms with E-state index in [1.807, 2.05) is 26.8 Å². The summed E-state index contributed by atoms with van der Waals surface area (Å²) in [5, 5.41) is 9.86. The summed E-state index contributed by atoms with van der Waals surface area (Å²) < 4.78 is 5.14. The number of ether oxygens (including phenoxy) is 1. The van der Waals surface area contributed by atoms with Gasteiger partial charge in [-0.25, -0.2) is 0 Å². The normalized spacial score (nSPS) is 12.6. The van der Waals surface area contributed by atoms with E-state index in [9.17, 15) is 5.11 Å². The number of phenolic OH excluding ortho intramolecular Hbond substituents is 1. The van der Waals surface area contributed by atoms with Crippen LogP contribution in [0.25, 0.3) is 0 Å². The number of aryl methyl sites for hydroxylation is 1. The fourth-order valence-electron chi connectivity index (χ4n) is 1.49. The fraction of sp³-hybridized carbons (Fsp3) is 0.455. The van der Waals surface area contributed by atoms with E-state index in [-0.39, 0.29) is 11.8 Å². The zero-order chi connectivity index (χ0) is 10.9. The Kier molecular flexibility index (Phi) is 3.01. The maximum Gasteiger partial charge on any atom is 0.163 e. The van der Waals surface area contributed by atoms with Crippen LogP contribution < -0.4 is 10.5 Å². The second-order valence-corrected chi connectivity index (χ2v) is 3.58. The summed E-state index contributed by atoms with van der Waals surface area (Å²) in [7, 11) is 1.55. The summed E-state index contributed by atoms with van der Waals surface area (Å²) in [5.41, 5.74) is 8.50. The van der Waals surface area contributed by atoms with Crippen LogP contribution in [0.15, 0.2) is 6.07 Å². The standard InChI is InChI=1S/C11H17NO2/c1-6-5-9(8(3)12)10(13)11(14-4)7(6)2/h5,8,13H,12H2,1-4H3. The number of rotatable bonds is 2. The predicted octanol–water partition coefficient (Wildman–Crippen LogP) is 2.04. The third-order valence-electron chi connectivity index (χ3n) is 2.49. The monoisotopic (exact) mass is 195 g/mol. The molecule has 0 aromatic heterocycles. The molecule has 1 unspecified atom stereocenters. The average molecular weight is 195 g/mol. The van der Waals surface area contributed by atoms with E-state index in [0.717, 1.165) is 16.7 Å². The molecule has 0 aliphatic rings. The van der Waals surface area contributed by atoms with Crippen LogP contribution in [0, 0.1) is 13.8 Å². The van der Waals surface area contributed by atoms with Crippen molar-refractivity contribution >= 4 is 0 Å². The highest BCUT2D eigenvalue weighted by atomic mass is 16.5. The molecule has 1 aromatic carbocycles. The van der Waals surface area contributed by atoms with E-state index in [2.05, 4.69) is 0 Å². The van der Waals surface area contributed by atoms with Gasteiger partial charge in [-0.15, -0.1) is 0 Å². The first kappa shape index (κ1) is 10.9. The van der Waals surface area contributed by atoms with E-state index in [1.54, 1.807) is 7.11 Å². The van der Waals surface area contributed by atoms with Crippen molar-refractivity contribution in [2.24, 2.45) is 5.73 Å². The lowest BCUT2D eigenvalue weighted by atomic mass is 10.00. The van der Waals surface area contributed by atoms with Crippen LogP contribution in [-0.2, 0) is 0 Å². The second kappa shape index (κ2) is 3.88. The molecule has 3 heteroatoms. The molecule has 0 aliphatic carbocycles. The Bertz CT molecular complexity index is 346. The number of aromatic hydroxyl groups is 1. The fourth-order valence-corrected chi connectivity index (χ4v) is 1.49. The van der Waals surface area contributed by atoms with Crippen LogP contribution in [-0.4, -0.2) is 12.2 Å². The second-order valence-electron chi connectivity index (χ2n) is 3.58. The molecular formula is C11H17NO2. The van der Waals surface area contributed by atoms with Crippen molar-refractivity contribution in [3.05, 3.63) is 22.8 Å². The highest BCUT2D eigenvalue weighted by molar-refractivity contribution is 5.54. The molecule has 0 heterocycles. The summed E-state index contributed by atoms with van der Waals surface area (Å²) in [5.74, 6) is 0.683. The third kappa shape index (κ3) is 1.68. The molecule has 0 saturated carbocycles. The summed E-state index contributed by atoms with van der Waals surface area (Å²) in [6, 6.07) is 1.71. The van der Waals surface area contributed by atoms with Crippen molar-refractivity contribution in [2.75, 3.05) is 7.11 Å². The highest BCUT2D eigenvalue weighted by Crippen LogP contribution is 2.37. The van der Waals surface area contributed by atoms with Gasteiger partial charge in [0.25, 0.3) is 0 Å². The van der Waals surface area contributed by atoms with Crippen molar-refractivity contribution in [3.8, 4) is 11.5 Å². The first-order valence-corrected chi connectivity index (χ1v) is 4.61. The quantitative estimate of drug-likeness (QED) is 0.759. The summed E-state index contributed by atoms with van der Waals surface area (Å²) in [6.45, 7) is 5.73. The molecule has 1 atom stereocenters. The molecule has 0 amide bonds. The Labute approximate surface area is 84.5 Å². The highest BCUT2D eigenvalue weighted by Gasteiger charge is 2.15. The molecule has 3 nitrogen and oxygen atoms in total. The molecular weight excluding hydrogens is 178 g/mol. The van der Waals surface area contributed by atoms with Crippen LogP contribution in [0.3, 0.4) is 0 Å². The van der Waals surface area contributed by atoms with Crippen LogP contribution in [0.1, 0.15) is 29.7 Å². The van der Waals surface area contributed by atoms with Gasteiger partial charge in [-0.05, 0) is 31.9 Å². The first-order valence-electron chi connectivity index (χ1n) is 4.61. The van der Waals surface area contributed by atoms with E-state index >= 15 is 0 Å². The number of hydrogen-bond donors (Lipinski definition) is 2. The van der Waals surface area contributed by atoms with E-state index < -0.39 is 0 Å². The number of methoxy groups -OCH3 is 1. The molecule has 0 bridgehead atoms. The van der Waals surface area contributed by atoms with Crippen LogP contribution in [0.2, 0.25) is 0 Å². The van der Waals surface area contributed by atoms with Crippen molar-refractivity contribution in [3.63, 3.8) is 0 Å². The maximum absolute atomic E-state index is 9.86. The average Bonchev–Trinajstić information content (AvgIpc) is 2.12. The van der Waals surface area contributed by atoms with Gasteiger partial charge in [0.2, 0.25) is 0 Å². The zero-order valence-corrected chi connectivity index (χ0v) is 9.09. The number of nitrogens with two attached hydrogens (primary N) is 1. The van der Waals surface area contributed by atoms with Crippen molar-refractivity contribution in [2.45, 2.75) is 26.8 Å². The van der Waals surface area contributed by atoms with Gasteiger partial charge in [-0.3, -0.25) is 0 Å². The molecule has 1 rings (SSSR count). The minimum Gasteiger partial charge on any atom is -0.504 e. The molecule has 0 spiro atoms. The van der Waals surface area contributed by atoms with Gasteiger partial charge in [-0.1, -0.05) is 6.07 Å². The molecule has 0 saturated heterocycles.